The van der Waals surface area contributed by atoms with Crippen molar-refractivity contribution in [1.82, 2.24) is 0 Å². The molecule has 3 aromatic heterocycles. The number of pyridine rings is 3. The van der Waals surface area contributed by atoms with E-state index in [0.717, 1.165) is 79.6 Å². The predicted molar refractivity (Wildman–Crippen MR) is 340 cm³/mol. The van der Waals surface area contributed by atoms with Gasteiger partial charge in [0.15, 0.2) is 18.6 Å². The monoisotopic (exact) mass is 1070 g/mol. The summed E-state index contributed by atoms with van der Waals surface area (Å²) in [5.41, 5.74) is 31.1. The van der Waals surface area contributed by atoms with Crippen molar-refractivity contribution in [3.63, 3.8) is 0 Å². The van der Waals surface area contributed by atoms with E-state index in [9.17, 15) is 1.37 Å². The summed E-state index contributed by atoms with van der Waals surface area (Å²) < 4.78 is 74.6. The van der Waals surface area contributed by atoms with Crippen molar-refractivity contribution in [2.24, 2.45) is 32.5 Å². The lowest BCUT2D eigenvalue weighted by Gasteiger charge is -2.23. The SMILES string of the molecule is [2H]C([2H])([2H])c1c[n+](C)c(-c2c(C)ccc3c2Cc2ccccc2-3)cc1C1([2H])CCCCC1.[2H]C([2H])(c1cc[n+](C)c(-c2c(C)ccc3c2Cc2cc(C)ccc2-3)c1)C(C)(C)C.[2H]C([2H])(c1cc[n+](C)c(-c2c(C)ccc3c2Cc2cc(C)ccc2-3)c1)C(C)C. The van der Waals surface area contributed by atoms with Gasteiger partial charge in [-0.15, -0.1) is 0 Å². The van der Waals surface area contributed by atoms with Gasteiger partial charge < -0.3 is 0 Å². The molecule has 4 aliphatic rings. The molecule has 3 nitrogen and oxygen atoms in total. The molecule has 0 aliphatic heterocycles. The summed E-state index contributed by atoms with van der Waals surface area (Å²) in [5, 5.41) is 0. The highest BCUT2D eigenvalue weighted by Crippen LogP contribution is 2.46. The lowest BCUT2D eigenvalue weighted by molar-refractivity contribution is -0.660. The first-order chi connectivity index (χ1) is 41.9. The molecule has 13 rings (SSSR count). The lowest BCUT2D eigenvalue weighted by atomic mass is 9.82. The first-order valence-corrected chi connectivity index (χ1v) is 29.6. The number of fused-ring (bicyclic) bond motifs is 9. The Labute approximate surface area is 497 Å². The van der Waals surface area contributed by atoms with E-state index in [0.29, 0.717) is 11.1 Å². The minimum atomic E-state index is -2.24. The van der Waals surface area contributed by atoms with Crippen LogP contribution in [0.2, 0.25) is 0 Å². The van der Waals surface area contributed by atoms with Gasteiger partial charge in [0.05, 0.1) is 16.7 Å². The number of benzene rings is 6. The van der Waals surface area contributed by atoms with Gasteiger partial charge in [0.25, 0.3) is 0 Å². The molecule has 0 bridgehead atoms. The number of nitrogens with zero attached hydrogens (tertiary/aromatic N) is 3. The fourth-order valence-corrected chi connectivity index (χ4v) is 13.5. The van der Waals surface area contributed by atoms with Crippen LogP contribution in [0.25, 0.3) is 67.2 Å². The van der Waals surface area contributed by atoms with Gasteiger partial charge in [-0.25, -0.2) is 13.7 Å². The highest BCUT2D eigenvalue weighted by molar-refractivity contribution is 5.87. The largest absolute Gasteiger partial charge is 0.213 e. The second-order valence-corrected chi connectivity index (χ2v) is 25.1. The maximum Gasteiger partial charge on any atom is 0.213 e. The summed E-state index contributed by atoms with van der Waals surface area (Å²) in [6, 6.07) is 45.3. The second-order valence-electron chi connectivity index (χ2n) is 25.1. The third-order valence-corrected chi connectivity index (χ3v) is 17.2. The van der Waals surface area contributed by atoms with Crippen LogP contribution < -0.4 is 13.7 Å². The van der Waals surface area contributed by atoms with E-state index >= 15 is 0 Å². The Balaban J connectivity index is 0.000000138. The third-order valence-electron chi connectivity index (χ3n) is 17.2. The Morgan fingerprint density at radius 3 is 1.47 bits per heavy atom. The molecule has 4 aliphatic carbocycles. The van der Waals surface area contributed by atoms with Gasteiger partial charge in [-0.3, -0.25) is 0 Å². The van der Waals surface area contributed by atoms with E-state index in [1.165, 1.54) is 111 Å². The first kappa shape index (κ1) is 46.4. The van der Waals surface area contributed by atoms with Crippen LogP contribution >= 0.6 is 0 Å². The minimum Gasteiger partial charge on any atom is -0.201 e. The van der Waals surface area contributed by atoms with Crippen molar-refractivity contribution in [2.75, 3.05) is 0 Å². The van der Waals surface area contributed by atoms with Crippen molar-refractivity contribution in [3.05, 3.63) is 229 Å². The van der Waals surface area contributed by atoms with Gasteiger partial charge in [0, 0.05) is 46.9 Å². The van der Waals surface area contributed by atoms with E-state index < -0.39 is 30.9 Å². The summed E-state index contributed by atoms with van der Waals surface area (Å²) in [4.78, 5) is 0. The van der Waals surface area contributed by atoms with Crippen molar-refractivity contribution in [1.29, 1.82) is 0 Å². The fourth-order valence-electron chi connectivity index (χ4n) is 13.5. The van der Waals surface area contributed by atoms with Crippen LogP contribution in [-0.2, 0) is 53.2 Å². The Kier molecular flexibility index (Phi) is 12.9. The number of hydrogen-bond donors (Lipinski definition) is 0. The molecule has 6 aromatic carbocycles. The van der Waals surface area contributed by atoms with E-state index in [1.807, 2.05) is 76.8 Å². The highest BCUT2D eigenvalue weighted by atomic mass is 14.9. The molecule has 0 atom stereocenters. The van der Waals surface area contributed by atoms with Crippen molar-refractivity contribution < 1.29 is 24.7 Å². The molecule has 1 saturated carbocycles. The molecular weight excluding hydrogens is 979 g/mol. The number of aryl methyl sites for hydroxylation is 9. The molecule has 0 amide bonds. The molecule has 3 heterocycles. The smallest absolute Gasteiger partial charge is 0.201 e. The molecule has 1 fully saturated rings. The number of hydrogen-bond acceptors (Lipinski definition) is 0. The quantitative estimate of drug-likeness (QED) is 0.141. The third kappa shape index (κ3) is 11.3. The minimum absolute atomic E-state index is 0.0807. The van der Waals surface area contributed by atoms with Crippen LogP contribution in [0.1, 0.15) is 167 Å². The number of rotatable bonds is 7. The summed E-state index contributed by atoms with van der Waals surface area (Å²) in [7, 11) is 6.04. The van der Waals surface area contributed by atoms with Gasteiger partial charge in [0.2, 0.25) is 17.1 Å². The average molecular weight is 1080 g/mol. The zero-order valence-electron chi connectivity index (χ0n) is 58.4. The average Bonchev–Trinajstić information content (AvgIpc) is 1.79. The predicted octanol–water partition coefficient (Wildman–Crippen LogP) is 17.9. The number of aromatic nitrogens is 3. The molecule has 9 aromatic rings. The zero-order valence-corrected chi connectivity index (χ0v) is 50.4. The van der Waals surface area contributed by atoms with Crippen molar-refractivity contribution >= 4 is 0 Å². The van der Waals surface area contributed by atoms with E-state index in [2.05, 4.69) is 167 Å². The maximum absolute atomic E-state index is 9.26. The Bertz CT molecular complexity index is 4270. The molecule has 0 spiro atoms. The van der Waals surface area contributed by atoms with Crippen LogP contribution in [0.15, 0.2) is 146 Å². The zero-order chi connectivity index (χ0) is 64.0. The van der Waals surface area contributed by atoms with Crippen molar-refractivity contribution in [2.45, 2.75) is 146 Å². The summed E-state index contributed by atoms with van der Waals surface area (Å²) in [5.74, 6) is -0.914. The first-order valence-electron chi connectivity index (χ1n) is 33.6. The Morgan fingerprint density at radius 2 is 0.963 bits per heavy atom. The molecule has 81 heavy (non-hydrogen) atoms. The van der Waals surface area contributed by atoms with Crippen LogP contribution in [0.3, 0.4) is 0 Å². The summed E-state index contributed by atoms with van der Waals surface area (Å²) >= 11 is 0. The van der Waals surface area contributed by atoms with Gasteiger partial charge in [0.1, 0.15) is 21.1 Å². The van der Waals surface area contributed by atoms with Crippen LogP contribution in [0.5, 0.6) is 0 Å². The van der Waals surface area contributed by atoms with Gasteiger partial charge in [-0.05, 0) is 204 Å². The summed E-state index contributed by atoms with van der Waals surface area (Å²) in [6.45, 7) is 18.3. The lowest BCUT2D eigenvalue weighted by Crippen LogP contribution is -2.32. The standard InChI is InChI=1S/C27H30N.C26H30N.C25H28N/c1-18-13-14-23-22-12-8-7-11-21(22)15-25(23)27(18)26-16-24(19(2)17-28(26)3)20-9-5-4-6-10-20;1-17-7-9-21-20(13-17)15-23-22(21)10-8-18(2)25(23)24-14-19(11-12-27(24)6)16-26(3,4)5;1-16(2)12-19-10-11-26(5)24(14-19)25-18(4)7-9-22-21-8-6-17(3)13-20(21)15-23(22)25/h7-8,11-14,16-17,20H,4-6,9-10,15H2,1-3H3;7-14H,15-16H2,1-6H3;6-11,13-14,16H,12,15H2,1-5H3/q3*+1/i2D3,20D;16D2;12D2. The molecule has 0 N–H and O–H groups in total. The second kappa shape index (κ2) is 22.6. The Morgan fingerprint density at radius 1 is 0.506 bits per heavy atom. The van der Waals surface area contributed by atoms with Gasteiger partial charge in [-0.1, -0.05) is 162 Å². The molecule has 412 valence electrons. The van der Waals surface area contributed by atoms with Crippen LogP contribution in [-0.4, -0.2) is 0 Å². The van der Waals surface area contributed by atoms with E-state index in [4.69, 9.17) is 9.60 Å². The van der Waals surface area contributed by atoms with E-state index in [-0.39, 0.29) is 5.92 Å². The highest BCUT2D eigenvalue weighted by Gasteiger charge is 2.31. The molecule has 0 radical (unpaired) electrons. The normalized spacial score (nSPS) is 16.2. The molecular formula is C78H88N3+3. The van der Waals surface area contributed by atoms with E-state index in [1.54, 1.807) is 6.20 Å². The Hall–Kier alpha value is -7.23. The van der Waals surface area contributed by atoms with Gasteiger partial charge in [-0.2, -0.15) is 0 Å². The molecule has 3 heteroatoms. The summed E-state index contributed by atoms with van der Waals surface area (Å²) in [6.07, 6.45) is 10.3. The maximum atomic E-state index is 9.26. The molecule has 0 unspecified atom stereocenters. The van der Waals surface area contributed by atoms with Gasteiger partial charge >= 0.3 is 0 Å². The topological polar surface area (TPSA) is 11.6 Å². The molecule has 0 saturated heterocycles. The van der Waals surface area contributed by atoms with Crippen molar-refractivity contribution in [3.8, 4) is 67.2 Å². The fraction of sp³-hybridized carbons (Fsp3) is 0.346. The van der Waals surface area contributed by atoms with Crippen LogP contribution in [0, 0.1) is 52.8 Å². The van der Waals surface area contributed by atoms with Crippen LogP contribution in [0.4, 0.5) is 0 Å².